The molecule has 0 unspecified atom stereocenters. The number of hydrogen-bond acceptors (Lipinski definition) is 5. The lowest BCUT2D eigenvalue weighted by molar-refractivity contribution is 0.0734. The molecule has 2 aromatic rings. The van der Waals surface area contributed by atoms with Crippen molar-refractivity contribution in [2.75, 3.05) is 6.61 Å². The first-order valence-electron chi connectivity index (χ1n) is 11.9. The third-order valence-corrected chi connectivity index (χ3v) is 5.49. The summed E-state index contributed by atoms with van der Waals surface area (Å²) in [5.41, 5.74) is 1.72. The Balaban J connectivity index is 1.62. The van der Waals surface area contributed by atoms with Gasteiger partial charge in [-0.05, 0) is 67.4 Å². The Bertz CT molecular complexity index is 813. The topological polar surface area (TPSA) is 68.1 Å². The van der Waals surface area contributed by atoms with E-state index in [2.05, 4.69) is 12.1 Å². The Kier molecular flexibility index (Phi) is 12.0. The van der Waals surface area contributed by atoms with E-state index in [-0.39, 0.29) is 0 Å². The van der Waals surface area contributed by atoms with E-state index in [4.69, 9.17) is 14.7 Å². The molecule has 0 aliphatic heterocycles. The number of carbonyl (C=O) groups is 1. The summed E-state index contributed by atoms with van der Waals surface area (Å²) in [5.74, 6) is 0.776. The number of unbranched alkanes of at least 4 members (excludes halogenated alkanes) is 9. The SMILES string of the molecule is CCCCCCCCCCCCOc1ccc(C(=O)Oc2ccc(/C(C)=N/O)cc2)cc1. The molecule has 0 aliphatic rings. The first-order chi connectivity index (χ1) is 15.6. The summed E-state index contributed by atoms with van der Waals surface area (Å²) in [6.45, 7) is 4.65. The predicted octanol–water partition coefficient (Wildman–Crippen LogP) is 7.40. The van der Waals surface area contributed by atoms with E-state index in [0.717, 1.165) is 17.7 Å². The van der Waals surface area contributed by atoms with Gasteiger partial charge in [-0.2, -0.15) is 0 Å². The van der Waals surface area contributed by atoms with Crippen LogP contribution in [0.2, 0.25) is 0 Å². The van der Waals surface area contributed by atoms with Gasteiger partial charge < -0.3 is 14.7 Å². The largest absolute Gasteiger partial charge is 0.494 e. The van der Waals surface area contributed by atoms with E-state index in [9.17, 15) is 4.79 Å². The average Bonchev–Trinajstić information content (AvgIpc) is 2.83. The molecule has 0 aliphatic carbocycles. The van der Waals surface area contributed by atoms with Crippen molar-refractivity contribution in [3.05, 3.63) is 59.7 Å². The molecule has 2 rings (SSSR count). The summed E-state index contributed by atoms with van der Waals surface area (Å²) in [6, 6.07) is 13.9. The van der Waals surface area contributed by atoms with Gasteiger partial charge in [-0.15, -0.1) is 0 Å². The smallest absolute Gasteiger partial charge is 0.343 e. The van der Waals surface area contributed by atoms with Crippen LogP contribution in [-0.2, 0) is 0 Å². The van der Waals surface area contributed by atoms with Gasteiger partial charge in [0, 0.05) is 0 Å². The zero-order chi connectivity index (χ0) is 23.0. The van der Waals surface area contributed by atoms with Crippen molar-refractivity contribution in [3.63, 3.8) is 0 Å². The van der Waals surface area contributed by atoms with Gasteiger partial charge in [0.05, 0.1) is 17.9 Å². The fraction of sp³-hybridized carbons (Fsp3) is 0.481. The van der Waals surface area contributed by atoms with Gasteiger partial charge >= 0.3 is 5.97 Å². The van der Waals surface area contributed by atoms with Crippen LogP contribution in [0.15, 0.2) is 53.7 Å². The number of esters is 1. The molecule has 2 aromatic carbocycles. The minimum atomic E-state index is -0.424. The number of carbonyl (C=O) groups excluding carboxylic acids is 1. The third-order valence-electron chi connectivity index (χ3n) is 5.49. The third kappa shape index (κ3) is 9.54. The quantitative estimate of drug-likeness (QED) is 0.0783. The molecular formula is C27H37NO4. The molecule has 0 saturated heterocycles. The van der Waals surface area contributed by atoms with E-state index < -0.39 is 5.97 Å². The molecule has 0 bridgehead atoms. The molecule has 0 heterocycles. The van der Waals surface area contributed by atoms with Crippen LogP contribution in [0.4, 0.5) is 0 Å². The maximum Gasteiger partial charge on any atom is 0.343 e. The van der Waals surface area contributed by atoms with Gasteiger partial charge in [-0.1, -0.05) is 69.9 Å². The summed E-state index contributed by atoms with van der Waals surface area (Å²) >= 11 is 0. The first-order valence-corrected chi connectivity index (χ1v) is 11.9. The normalized spacial score (nSPS) is 11.4. The van der Waals surface area contributed by atoms with Crippen LogP contribution in [0.1, 0.15) is 94.0 Å². The minimum absolute atomic E-state index is 0.424. The Morgan fingerprint density at radius 3 is 1.81 bits per heavy atom. The second-order valence-corrected chi connectivity index (χ2v) is 8.15. The highest BCUT2D eigenvalue weighted by molar-refractivity contribution is 5.98. The highest BCUT2D eigenvalue weighted by Crippen LogP contribution is 2.18. The molecule has 5 nitrogen and oxygen atoms in total. The van der Waals surface area contributed by atoms with Crippen molar-refractivity contribution in [2.24, 2.45) is 5.16 Å². The monoisotopic (exact) mass is 439 g/mol. The molecule has 5 heteroatoms. The second kappa shape index (κ2) is 15.1. The Morgan fingerprint density at radius 1 is 0.750 bits per heavy atom. The van der Waals surface area contributed by atoms with Crippen LogP contribution in [0.5, 0.6) is 11.5 Å². The van der Waals surface area contributed by atoms with E-state index in [1.165, 1.54) is 57.8 Å². The molecule has 0 amide bonds. The van der Waals surface area contributed by atoms with Crippen molar-refractivity contribution in [3.8, 4) is 11.5 Å². The maximum atomic E-state index is 12.3. The Hall–Kier alpha value is -2.82. The maximum absolute atomic E-state index is 12.3. The molecule has 32 heavy (non-hydrogen) atoms. The van der Waals surface area contributed by atoms with Crippen molar-refractivity contribution in [2.45, 2.75) is 78.1 Å². The number of hydrogen-bond donors (Lipinski definition) is 1. The summed E-state index contributed by atoms with van der Waals surface area (Å²) in [7, 11) is 0. The highest BCUT2D eigenvalue weighted by Gasteiger charge is 2.09. The predicted molar refractivity (Wildman–Crippen MR) is 129 cm³/mol. The molecule has 0 atom stereocenters. The number of oxime groups is 1. The van der Waals surface area contributed by atoms with Crippen LogP contribution < -0.4 is 9.47 Å². The average molecular weight is 440 g/mol. The summed E-state index contributed by atoms with van der Waals surface area (Å²) in [4.78, 5) is 12.3. The molecule has 174 valence electrons. The van der Waals surface area contributed by atoms with Gasteiger partial charge in [0.2, 0.25) is 0 Å². The Morgan fingerprint density at radius 2 is 1.25 bits per heavy atom. The van der Waals surface area contributed by atoms with E-state index in [1.54, 1.807) is 55.5 Å². The van der Waals surface area contributed by atoms with E-state index >= 15 is 0 Å². The lowest BCUT2D eigenvalue weighted by atomic mass is 10.1. The highest BCUT2D eigenvalue weighted by atomic mass is 16.5. The molecule has 0 radical (unpaired) electrons. The summed E-state index contributed by atoms with van der Waals surface area (Å²) in [5, 5.41) is 12.0. The number of benzene rings is 2. The molecule has 0 aromatic heterocycles. The van der Waals surface area contributed by atoms with Crippen molar-refractivity contribution >= 4 is 11.7 Å². The Labute approximate surface area is 192 Å². The minimum Gasteiger partial charge on any atom is -0.494 e. The van der Waals surface area contributed by atoms with Crippen LogP contribution in [0.25, 0.3) is 0 Å². The fourth-order valence-electron chi connectivity index (χ4n) is 3.45. The van der Waals surface area contributed by atoms with E-state index in [1.807, 2.05) is 0 Å². The van der Waals surface area contributed by atoms with E-state index in [0.29, 0.717) is 23.6 Å². The molecular weight excluding hydrogens is 402 g/mol. The standard InChI is InChI=1S/C27H37NO4/c1-3-4-5-6-7-8-9-10-11-12-21-31-25-17-15-24(16-18-25)27(29)32-26-19-13-23(14-20-26)22(2)28-30/h13-20,30H,3-12,21H2,1-2H3/b28-22+. The molecule has 0 spiro atoms. The second-order valence-electron chi connectivity index (χ2n) is 8.15. The molecule has 0 saturated carbocycles. The lowest BCUT2D eigenvalue weighted by Crippen LogP contribution is -2.08. The van der Waals surface area contributed by atoms with Gasteiger partial charge in [0.1, 0.15) is 11.5 Å². The zero-order valence-corrected chi connectivity index (χ0v) is 19.5. The zero-order valence-electron chi connectivity index (χ0n) is 19.5. The number of ether oxygens (including phenoxy) is 2. The van der Waals surface area contributed by atoms with Crippen LogP contribution in [0.3, 0.4) is 0 Å². The van der Waals surface area contributed by atoms with Gasteiger partial charge in [0.15, 0.2) is 0 Å². The van der Waals surface area contributed by atoms with Gasteiger partial charge in [-0.3, -0.25) is 0 Å². The first kappa shape index (κ1) is 25.4. The molecule has 0 fully saturated rings. The van der Waals surface area contributed by atoms with Crippen molar-refractivity contribution < 1.29 is 19.5 Å². The summed E-state index contributed by atoms with van der Waals surface area (Å²) in [6.07, 6.45) is 13.0. The van der Waals surface area contributed by atoms with Crippen LogP contribution in [0, 0.1) is 0 Å². The van der Waals surface area contributed by atoms with Crippen molar-refractivity contribution in [1.29, 1.82) is 0 Å². The van der Waals surface area contributed by atoms with Crippen molar-refractivity contribution in [1.82, 2.24) is 0 Å². The van der Waals surface area contributed by atoms with Crippen LogP contribution >= 0.6 is 0 Å². The van der Waals surface area contributed by atoms with Crippen LogP contribution in [-0.4, -0.2) is 23.5 Å². The fourth-order valence-corrected chi connectivity index (χ4v) is 3.45. The summed E-state index contributed by atoms with van der Waals surface area (Å²) < 4.78 is 11.2. The number of rotatable bonds is 15. The molecule has 1 N–H and O–H groups in total. The number of nitrogens with zero attached hydrogens (tertiary/aromatic N) is 1. The van der Waals surface area contributed by atoms with Gasteiger partial charge in [0.25, 0.3) is 0 Å². The van der Waals surface area contributed by atoms with Gasteiger partial charge in [-0.25, -0.2) is 4.79 Å². The lowest BCUT2D eigenvalue weighted by Gasteiger charge is -2.08.